The highest BCUT2D eigenvalue weighted by Crippen LogP contribution is 2.28. The van der Waals surface area contributed by atoms with Gasteiger partial charge in [0.2, 0.25) is 0 Å². The molecule has 2 rings (SSSR count). The SMILES string of the molecule is COCC1(CNC(=O)c2cc(C(C)C)n(C)n2)CCNCC1.Cl. The molecule has 1 aromatic heterocycles. The van der Waals surface area contributed by atoms with Crippen molar-refractivity contribution in [1.29, 1.82) is 0 Å². The van der Waals surface area contributed by atoms with Gasteiger partial charge in [-0.05, 0) is 37.9 Å². The molecule has 0 unspecified atom stereocenters. The molecule has 1 aliphatic rings. The molecule has 0 aliphatic carbocycles. The second kappa shape index (κ2) is 8.66. The van der Waals surface area contributed by atoms with E-state index >= 15 is 0 Å². The van der Waals surface area contributed by atoms with E-state index in [9.17, 15) is 4.79 Å². The number of aromatic nitrogens is 2. The second-order valence-electron chi connectivity index (χ2n) is 6.60. The van der Waals surface area contributed by atoms with Gasteiger partial charge in [-0.1, -0.05) is 13.8 Å². The number of hydrogen-bond donors (Lipinski definition) is 2. The van der Waals surface area contributed by atoms with Gasteiger partial charge in [-0.2, -0.15) is 5.10 Å². The summed E-state index contributed by atoms with van der Waals surface area (Å²) in [5, 5.41) is 10.7. The predicted octanol–water partition coefficient (Wildman–Crippen LogP) is 1.71. The topological polar surface area (TPSA) is 68.2 Å². The largest absolute Gasteiger partial charge is 0.384 e. The predicted molar refractivity (Wildman–Crippen MR) is 93.3 cm³/mol. The molecule has 0 saturated carbocycles. The summed E-state index contributed by atoms with van der Waals surface area (Å²) in [4.78, 5) is 12.4. The van der Waals surface area contributed by atoms with Crippen molar-refractivity contribution in [3.05, 3.63) is 17.5 Å². The van der Waals surface area contributed by atoms with Crippen molar-refractivity contribution in [3.8, 4) is 0 Å². The first-order valence-corrected chi connectivity index (χ1v) is 7.99. The van der Waals surface area contributed by atoms with E-state index in [0.29, 0.717) is 24.8 Å². The Kier molecular flexibility index (Phi) is 7.51. The first kappa shape index (κ1) is 19.9. The molecule has 0 spiro atoms. The van der Waals surface area contributed by atoms with Gasteiger partial charge in [0, 0.05) is 31.8 Å². The molecule has 0 bridgehead atoms. The van der Waals surface area contributed by atoms with Crippen molar-refractivity contribution in [2.24, 2.45) is 12.5 Å². The Morgan fingerprint density at radius 2 is 2.13 bits per heavy atom. The number of carbonyl (C=O) groups is 1. The van der Waals surface area contributed by atoms with Crippen LogP contribution in [0.2, 0.25) is 0 Å². The number of nitrogens with zero attached hydrogens (tertiary/aromatic N) is 2. The lowest BCUT2D eigenvalue weighted by molar-refractivity contribution is 0.0510. The fourth-order valence-corrected chi connectivity index (χ4v) is 3.13. The van der Waals surface area contributed by atoms with Crippen LogP contribution in [-0.4, -0.2) is 49.0 Å². The van der Waals surface area contributed by atoms with Crippen molar-refractivity contribution < 1.29 is 9.53 Å². The van der Waals surface area contributed by atoms with E-state index in [1.807, 2.05) is 13.1 Å². The molecular formula is C16H29ClN4O2. The smallest absolute Gasteiger partial charge is 0.271 e. The minimum atomic E-state index is -0.100. The summed E-state index contributed by atoms with van der Waals surface area (Å²) < 4.78 is 7.17. The van der Waals surface area contributed by atoms with Crippen LogP contribution < -0.4 is 10.6 Å². The molecule has 6 nitrogen and oxygen atoms in total. The minimum Gasteiger partial charge on any atom is -0.384 e. The van der Waals surface area contributed by atoms with E-state index < -0.39 is 0 Å². The lowest BCUT2D eigenvalue weighted by atomic mass is 9.79. The highest BCUT2D eigenvalue weighted by Gasteiger charge is 2.32. The molecule has 2 heterocycles. The zero-order chi connectivity index (χ0) is 16.2. The first-order valence-electron chi connectivity index (χ1n) is 7.99. The summed E-state index contributed by atoms with van der Waals surface area (Å²) in [5.41, 5.74) is 1.59. The second-order valence-corrected chi connectivity index (χ2v) is 6.60. The van der Waals surface area contributed by atoms with Gasteiger partial charge >= 0.3 is 0 Å². The minimum absolute atomic E-state index is 0. The van der Waals surface area contributed by atoms with Gasteiger partial charge in [-0.15, -0.1) is 12.4 Å². The van der Waals surface area contributed by atoms with Gasteiger partial charge < -0.3 is 15.4 Å². The number of rotatable bonds is 6. The van der Waals surface area contributed by atoms with Gasteiger partial charge in [0.15, 0.2) is 0 Å². The molecule has 7 heteroatoms. The van der Waals surface area contributed by atoms with Crippen LogP contribution in [-0.2, 0) is 11.8 Å². The average Bonchev–Trinajstić information content (AvgIpc) is 2.88. The average molecular weight is 345 g/mol. The van der Waals surface area contributed by atoms with Crippen LogP contribution in [0.4, 0.5) is 0 Å². The third-order valence-electron chi connectivity index (χ3n) is 4.48. The third kappa shape index (κ3) is 4.93. The number of aryl methyl sites for hydroxylation is 1. The van der Waals surface area contributed by atoms with Crippen LogP contribution in [0.1, 0.15) is 48.8 Å². The van der Waals surface area contributed by atoms with Gasteiger partial charge in [0.25, 0.3) is 5.91 Å². The standard InChI is InChI=1S/C16H28N4O2.ClH/c1-12(2)14-9-13(19-20(14)3)15(21)18-10-16(11-22-4)5-7-17-8-6-16;/h9,12,17H,5-8,10-11H2,1-4H3,(H,18,21);1H. The Morgan fingerprint density at radius 3 is 2.65 bits per heavy atom. The fraction of sp³-hybridized carbons (Fsp3) is 0.750. The molecule has 1 amide bonds. The summed E-state index contributed by atoms with van der Waals surface area (Å²) in [6.07, 6.45) is 2.03. The van der Waals surface area contributed by atoms with Crippen molar-refractivity contribution in [1.82, 2.24) is 20.4 Å². The summed E-state index contributed by atoms with van der Waals surface area (Å²) in [5.74, 6) is 0.250. The van der Waals surface area contributed by atoms with Gasteiger partial charge in [-0.3, -0.25) is 9.48 Å². The molecule has 23 heavy (non-hydrogen) atoms. The Balaban J connectivity index is 0.00000264. The van der Waals surface area contributed by atoms with Crippen molar-refractivity contribution in [2.75, 3.05) is 33.4 Å². The first-order chi connectivity index (χ1) is 10.5. The van der Waals surface area contributed by atoms with Crippen LogP contribution in [0.25, 0.3) is 0 Å². The van der Waals surface area contributed by atoms with E-state index in [-0.39, 0.29) is 23.7 Å². The zero-order valence-electron chi connectivity index (χ0n) is 14.5. The Labute approximate surface area is 144 Å². The van der Waals surface area contributed by atoms with Gasteiger partial charge in [0.05, 0.1) is 6.61 Å². The van der Waals surface area contributed by atoms with E-state index in [2.05, 4.69) is 29.6 Å². The summed E-state index contributed by atoms with van der Waals surface area (Å²) in [7, 11) is 3.60. The number of piperidine rings is 1. The Morgan fingerprint density at radius 1 is 1.48 bits per heavy atom. The fourth-order valence-electron chi connectivity index (χ4n) is 3.13. The van der Waals surface area contributed by atoms with E-state index in [1.54, 1.807) is 11.8 Å². The lowest BCUT2D eigenvalue weighted by Gasteiger charge is -2.37. The number of amides is 1. The van der Waals surface area contributed by atoms with Crippen LogP contribution in [0, 0.1) is 5.41 Å². The number of carbonyl (C=O) groups excluding carboxylic acids is 1. The number of ether oxygens (including phenoxy) is 1. The maximum Gasteiger partial charge on any atom is 0.271 e. The molecule has 1 aromatic rings. The highest BCUT2D eigenvalue weighted by atomic mass is 35.5. The van der Waals surface area contributed by atoms with Crippen LogP contribution >= 0.6 is 12.4 Å². The zero-order valence-corrected chi connectivity index (χ0v) is 15.3. The molecule has 2 N–H and O–H groups in total. The van der Waals surface area contributed by atoms with E-state index in [4.69, 9.17) is 4.74 Å². The monoisotopic (exact) mass is 344 g/mol. The molecule has 0 atom stereocenters. The van der Waals surface area contributed by atoms with Crippen molar-refractivity contribution >= 4 is 18.3 Å². The molecule has 132 valence electrons. The van der Waals surface area contributed by atoms with Gasteiger partial charge in [0.1, 0.15) is 5.69 Å². The normalized spacial score (nSPS) is 16.9. The number of nitrogens with one attached hydrogen (secondary N) is 2. The molecule has 0 aromatic carbocycles. The van der Waals surface area contributed by atoms with E-state index in [1.165, 1.54) is 0 Å². The molecule has 1 aliphatic heterocycles. The quantitative estimate of drug-likeness (QED) is 0.824. The summed E-state index contributed by atoms with van der Waals surface area (Å²) in [6.45, 7) is 7.45. The van der Waals surface area contributed by atoms with Crippen LogP contribution in [0.15, 0.2) is 6.07 Å². The number of halogens is 1. The maximum absolute atomic E-state index is 12.4. The lowest BCUT2D eigenvalue weighted by Crippen LogP contribution is -2.47. The number of hydrogen-bond acceptors (Lipinski definition) is 4. The molecular weight excluding hydrogens is 316 g/mol. The van der Waals surface area contributed by atoms with Crippen LogP contribution in [0.3, 0.4) is 0 Å². The Bertz CT molecular complexity index is 505. The van der Waals surface area contributed by atoms with Gasteiger partial charge in [-0.25, -0.2) is 0 Å². The van der Waals surface area contributed by atoms with Crippen molar-refractivity contribution in [2.45, 2.75) is 32.6 Å². The maximum atomic E-state index is 12.4. The van der Waals surface area contributed by atoms with E-state index in [0.717, 1.165) is 31.6 Å². The number of methoxy groups -OCH3 is 1. The third-order valence-corrected chi connectivity index (χ3v) is 4.48. The Hall–Kier alpha value is -1.11. The molecule has 0 radical (unpaired) electrons. The van der Waals surface area contributed by atoms with Crippen molar-refractivity contribution in [3.63, 3.8) is 0 Å². The molecule has 1 fully saturated rings. The summed E-state index contributed by atoms with van der Waals surface area (Å²) in [6, 6.07) is 1.88. The molecule has 1 saturated heterocycles. The summed E-state index contributed by atoms with van der Waals surface area (Å²) >= 11 is 0. The highest BCUT2D eigenvalue weighted by molar-refractivity contribution is 5.92. The van der Waals surface area contributed by atoms with Crippen LogP contribution in [0.5, 0.6) is 0 Å².